The number of hydrogen-bond donors (Lipinski definition) is 0. The maximum Gasteiger partial charge on any atom is 0.171 e. The number of aryl methyl sites for hydroxylation is 2. The number of aromatic nitrogens is 1. The molecular formula is C19H32N2. The summed E-state index contributed by atoms with van der Waals surface area (Å²) < 4.78 is 2.32. The molecule has 0 N–H and O–H groups in total. The maximum atomic E-state index is 6.25. The molecule has 2 heteroatoms. The van der Waals surface area contributed by atoms with Gasteiger partial charge in [0.15, 0.2) is 12.4 Å². The number of rotatable bonds is 11. The van der Waals surface area contributed by atoms with Gasteiger partial charge in [0.25, 0.3) is 0 Å². The summed E-state index contributed by atoms with van der Waals surface area (Å²) in [6.07, 6.45) is 18.6. The highest BCUT2D eigenvalue weighted by molar-refractivity contribution is 5.01. The Kier molecular flexibility index (Phi) is 14.1. The molecule has 0 aliphatic heterocycles. The Morgan fingerprint density at radius 1 is 0.905 bits per heavy atom. The molecule has 0 radical (unpaired) electrons. The van der Waals surface area contributed by atoms with Crippen LogP contribution in [0.4, 0.5) is 0 Å². The first-order valence-electron chi connectivity index (χ1n) is 8.51. The van der Waals surface area contributed by atoms with E-state index < -0.39 is 0 Å². The predicted octanol–water partition coefficient (Wildman–Crippen LogP) is 5.30. The second-order valence-corrected chi connectivity index (χ2v) is 5.80. The Hall–Kier alpha value is -1.36. The summed E-state index contributed by atoms with van der Waals surface area (Å²) >= 11 is 0. The van der Waals surface area contributed by atoms with Crippen LogP contribution in [0.25, 0.3) is 0 Å². The quantitative estimate of drug-likeness (QED) is 0.308. The molecule has 0 aromatic carbocycles. The van der Waals surface area contributed by atoms with E-state index in [0.717, 1.165) is 0 Å². The Morgan fingerprint density at radius 2 is 1.43 bits per heavy atom. The van der Waals surface area contributed by atoms with Gasteiger partial charge in [0.1, 0.15) is 6.54 Å². The second kappa shape index (κ2) is 15.0. The molecule has 0 atom stereocenters. The summed E-state index contributed by atoms with van der Waals surface area (Å²) in [5.74, 6) is 0. The van der Waals surface area contributed by atoms with Crippen molar-refractivity contribution in [1.29, 1.82) is 5.26 Å². The first-order chi connectivity index (χ1) is 10.3. The Labute approximate surface area is 131 Å². The zero-order valence-electron chi connectivity index (χ0n) is 14.0. The third kappa shape index (κ3) is 12.1. The van der Waals surface area contributed by atoms with Crippen LogP contribution in [-0.2, 0) is 6.54 Å². The lowest BCUT2D eigenvalue weighted by Crippen LogP contribution is -2.32. The average molecular weight is 288 g/mol. The van der Waals surface area contributed by atoms with Crippen LogP contribution in [0.5, 0.6) is 0 Å². The fourth-order valence-electron chi connectivity index (χ4n) is 2.57. The van der Waals surface area contributed by atoms with Crippen molar-refractivity contribution in [2.24, 2.45) is 0 Å². The lowest BCUT2D eigenvalue weighted by atomic mass is 10.1. The molecule has 2 nitrogen and oxygen atoms in total. The largest absolute Gasteiger partial charge is 0.512 e. The minimum Gasteiger partial charge on any atom is -0.512 e. The van der Waals surface area contributed by atoms with Crippen molar-refractivity contribution in [2.75, 3.05) is 0 Å². The van der Waals surface area contributed by atoms with Crippen molar-refractivity contribution >= 4 is 0 Å². The van der Waals surface area contributed by atoms with Gasteiger partial charge in [0.2, 0.25) is 0 Å². The monoisotopic (exact) mass is 288 g/mol. The van der Waals surface area contributed by atoms with Crippen molar-refractivity contribution in [3.05, 3.63) is 36.7 Å². The van der Waals surface area contributed by atoms with Crippen molar-refractivity contribution < 1.29 is 4.57 Å². The molecule has 0 saturated heterocycles. The number of pyridine rings is 1. The summed E-state index contributed by atoms with van der Waals surface area (Å²) in [5, 5.41) is 6.25. The van der Waals surface area contributed by atoms with Crippen molar-refractivity contribution in [3.8, 4) is 0 Å². The average Bonchev–Trinajstić information content (AvgIpc) is 2.51. The Bertz CT molecular complexity index is 358. The number of nitrogens with zero attached hydrogens (tertiary/aromatic N) is 2. The summed E-state index contributed by atoms with van der Waals surface area (Å²) in [6, 6.07) is 4.31. The van der Waals surface area contributed by atoms with Gasteiger partial charge in [-0.1, -0.05) is 58.3 Å². The molecule has 1 heterocycles. The molecule has 0 unspecified atom stereocenters. The molecule has 21 heavy (non-hydrogen) atoms. The van der Waals surface area contributed by atoms with Crippen LogP contribution in [0.3, 0.4) is 0 Å². The lowest BCUT2D eigenvalue weighted by Gasteiger charge is -2.01. The van der Waals surface area contributed by atoms with Gasteiger partial charge >= 0.3 is 0 Å². The maximum absolute atomic E-state index is 6.25. The summed E-state index contributed by atoms with van der Waals surface area (Å²) in [5.41, 5.74) is 1.36. The van der Waals surface area contributed by atoms with Crippen LogP contribution in [-0.4, -0.2) is 0 Å². The molecule has 0 saturated carbocycles. The summed E-state index contributed by atoms with van der Waals surface area (Å²) in [7, 11) is 0. The third-order valence-corrected chi connectivity index (χ3v) is 3.78. The van der Waals surface area contributed by atoms with E-state index in [1.54, 1.807) is 0 Å². The van der Waals surface area contributed by atoms with Crippen molar-refractivity contribution in [2.45, 2.75) is 84.6 Å². The standard InChI is InChI=1S/C18H32N.CN/c1-3-4-5-6-7-8-9-10-11-12-15-19-16-13-14-18(2)17-19;1-2/h13-14,16-17H,3-12,15H2,1-2H3;/q+1;-1. The number of hydrogen-bond acceptors (Lipinski definition) is 1. The molecule has 1 aromatic heterocycles. The SMILES string of the molecule is CCCCCCCCCCCC[n+]1cccc(C)c1.[C-]#N. The van der Waals surface area contributed by atoms with Crippen LogP contribution >= 0.6 is 0 Å². The van der Waals surface area contributed by atoms with Crippen LogP contribution in [0, 0.1) is 18.8 Å². The highest BCUT2D eigenvalue weighted by Gasteiger charge is 1.99. The van der Waals surface area contributed by atoms with E-state index in [0.29, 0.717) is 0 Å². The minimum atomic E-state index is 1.18. The molecule has 0 amide bonds. The van der Waals surface area contributed by atoms with E-state index in [1.807, 2.05) is 0 Å². The zero-order valence-corrected chi connectivity index (χ0v) is 14.0. The van der Waals surface area contributed by atoms with Gasteiger partial charge in [-0.2, -0.15) is 0 Å². The molecular weight excluding hydrogens is 256 g/mol. The molecule has 0 spiro atoms. The third-order valence-electron chi connectivity index (χ3n) is 3.78. The molecule has 1 rings (SSSR count). The summed E-state index contributed by atoms with van der Waals surface area (Å²) in [4.78, 5) is 0. The normalized spacial score (nSPS) is 9.90. The molecule has 1 aromatic rings. The molecule has 0 aliphatic rings. The van der Waals surface area contributed by atoms with Gasteiger partial charge in [-0.25, -0.2) is 4.57 Å². The smallest absolute Gasteiger partial charge is 0.171 e. The first-order valence-corrected chi connectivity index (χ1v) is 8.51. The molecule has 0 fully saturated rings. The van der Waals surface area contributed by atoms with Gasteiger partial charge in [-0.3, -0.25) is 0 Å². The highest BCUT2D eigenvalue weighted by Crippen LogP contribution is 2.10. The Balaban J connectivity index is 0.00000191. The fourth-order valence-corrected chi connectivity index (χ4v) is 2.57. The van der Waals surface area contributed by atoms with E-state index in [1.165, 1.54) is 76.3 Å². The van der Waals surface area contributed by atoms with Crippen LogP contribution in [0.2, 0.25) is 0 Å². The van der Waals surface area contributed by atoms with Crippen molar-refractivity contribution in [1.82, 2.24) is 0 Å². The first kappa shape index (κ1) is 19.6. The second-order valence-electron chi connectivity index (χ2n) is 5.80. The number of unbranched alkanes of at least 4 members (excludes halogenated alkanes) is 9. The van der Waals surface area contributed by atoms with E-state index >= 15 is 0 Å². The molecule has 118 valence electrons. The topological polar surface area (TPSA) is 27.7 Å². The zero-order chi connectivity index (χ0) is 15.8. The lowest BCUT2D eigenvalue weighted by molar-refractivity contribution is -0.697. The minimum absolute atomic E-state index is 1.18. The van der Waals surface area contributed by atoms with E-state index in [9.17, 15) is 0 Å². The van der Waals surface area contributed by atoms with E-state index in [2.05, 4.69) is 42.9 Å². The van der Waals surface area contributed by atoms with Crippen molar-refractivity contribution in [3.63, 3.8) is 0 Å². The Morgan fingerprint density at radius 3 is 1.95 bits per heavy atom. The van der Waals surface area contributed by atoms with Crippen LogP contribution < -0.4 is 4.57 Å². The van der Waals surface area contributed by atoms with Gasteiger partial charge in [0, 0.05) is 18.1 Å². The van der Waals surface area contributed by atoms with E-state index in [-0.39, 0.29) is 0 Å². The molecule has 0 aliphatic carbocycles. The summed E-state index contributed by atoms with van der Waals surface area (Å²) in [6.45, 7) is 10.4. The van der Waals surface area contributed by atoms with Gasteiger partial charge in [-0.05, 0) is 19.4 Å². The highest BCUT2D eigenvalue weighted by atomic mass is 14.9. The van der Waals surface area contributed by atoms with Gasteiger partial charge < -0.3 is 11.8 Å². The van der Waals surface area contributed by atoms with Gasteiger partial charge in [-0.15, -0.1) is 0 Å². The molecule has 0 bridgehead atoms. The predicted molar refractivity (Wildman–Crippen MR) is 88.2 cm³/mol. The van der Waals surface area contributed by atoms with Crippen LogP contribution in [0.1, 0.15) is 76.7 Å². The van der Waals surface area contributed by atoms with Crippen LogP contribution in [0.15, 0.2) is 24.5 Å². The van der Waals surface area contributed by atoms with E-state index in [4.69, 9.17) is 11.8 Å². The fraction of sp³-hybridized carbons (Fsp3) is 0.684. The van der Waals surface area contributed by atoms with Gasteiger partial charge in [0.05, 0.1) is 0 Å².